The van der Waals surface area contributed by atoms with Gasteiger partial charge in [0.1, 0.15) is 11.5 Å². The van der Waals surface area contributed by atoms with Crippen molar-refractivity contribution in [2.45, 2.75) is 57.0 Å². The Morgan fingerprint density at radius 2 is 1.95 bits per heavy atom. The van der Waals surface area contributed by atoms with Gasteiger partial charge in [0.2, 0.25) is 0 Å². The Bertz CT molecular complexity index is 550. The Balaban J connectivity index is 0.00000161. The number of carbonyl (C=O) groups is 2. The molecule has 1 aromatic heterocycles. The number of aryl methyl sites for hydroxylation is 1. The Morgan fingerprint density at radius 3 is 2.62 bits per heavy atom. The zero-order valence-corrected chi connectivity index (χ0v) is 15.5. The van der Waals surface area contributed by atoms with E-state index in [1.807, 2.05) is 4.57 Å². The third-order valence-electron chi connectivity index (χ3n) is 4.40. The third kappa shape index (κ3) is 3.26. The number of nitrogens with zero attached hydrogens (tertiary/aromatic N) is 2. The molecule has 21 heavy (non-hydrogen) atoms. The molecule has 0 aromatic carbocycles. The van der Waals surface area contributed by atoms with Crippen molar-refractivity contribution < 1.29 is 66.1 Å². The first-order chi connectivity index (χ1) is 9.62. The van der Waals surface area contributed by atoms with Gasteiger partial charge in [0, 0.05) is 13.0 Å². The molecule has 1 aliphatic carbocycles. The number of fused-ring (bicyclic) bond motifs is 1. The van der Waals surface area contributed by atoms with E-state index in [0.29, 0.717) is 18.5 Å². The van der Waals surface area contributed by atoms with Crippen molar-refractivity contribution in [3.8, 4) is 0 Å². The van der Waals surface area contributed by atoms with Crippen LogP contribution in [0.4, 0.5) is 0 Å². The van der Waals surface area contributed by atoms with Crippen LogP contribution in [0.3, 0.4) is 0 Å². The van der Waals surface area contributed by atoms with Crippen LogP contribution < -0.4 is 61.8 Å². The number of carbonyl (C=O) groups excluding carboxylic acids is 2. The minimum atomic E-state index is -1.20. The summed E-state index contributed by atoms with van der Waals surface area (Å²) in [5.41, 5.74) is -0.733. The quantitative estimate of drug-likeness (QED) is 0.603. The van der Waals surface area contributed by atoms with Crippen LogP contribution in [0.5, 0.6) is 0 Å². The van der Waals surface area contributed by atoms with E-state index in [4.69, 9.17) is 0 Å². The molecule has 0 spiro atoms. The van der Waals surface area contributed by atoms with Crippen molar-refractivity contribution in [1.82, 2.24) is 14.9 Å². The molecule has 1 amide bonds. The maximum atomic E-state index is 12.4. The fourth-order valence-corrected chi connectivity index (χ4v) is 3.24. The van der Waals surface area contributed by atoms with Crippen LogP contribution in [0, 0.1) is 0 Å². The van der Waals surface area contributed by atoms with E-state index >= 15 is 0 Å². The van der Waals surface area contributed by atoms with E-state index in [1.54, 1.807) is 6.20 Å². The molecule has 3 rings (SSSR count). The summed E-state index contributed by atoms with van der Waals surface area (Å²) in [7, 11) is 0. The summed E-state index contributed by atoms with van der Waals surface area (Å²) < 4.78 is 1.90. The number of nitrogens with one attached hydrogen (secondary N) is 1. The molecule has 2 aliphatic rings. The smallest absolute Gasteiger partial charge is 0.548 e. The van der Waals surface area contributed by atoms with Crippen LogP contribution in [-0.2, 0) is 17.8 Å². The molecule has 1 aromatic rings. The van der Waals surface area contributed by atoms with E-state index in [9.17, 15) is 14.7 Å². The van der Waals surface area contributed by atoms with E-state index in [-0.39, 0.29) is 57.3 Å². The SMILES string of the molecule is O=C(NC1(C(=O)[O-])CCCC1)c1cnc2n1CCCC2.[K+]. The number of carboxylic acids is 1. The standard InChI is InChI=1S/C14H19N3O3.K/c18-12(16-14(13(19)20)6-2-3-7-14)10-9-15-11-5-1-4-8-17(10)11;/h9H,1-8H2,(H,16,18)(H,19,20);/q;+1/p-1. The van der Waals surface area contributed by atoms with Gasteiger partial charge in [0.05, 0.1) is 17.7 Å². The van der Waals surface area contributed by atoms with Gasteiger partial charge >= 0.3 is 51.4 Å². The number of carboxylic acid groups (broad SMARTS) is 1. The normalized spacial score (nSPS) is 19.4. The van der Waals surface area contributed by atoms with Crippen molar-refractivity contribution in [3.63, 3.8) is 0 Å². The van der Waals surface area contributed by atoms with Gasteiger partial charge in [-0.25, -0.2) is 4.98 Å². The minimum Gasteiger partial charge on any atom is -0.548 e. The van der Waals surface area contributed by atoms with Crippen LogP contribution in [0.25, 0.3) is 0 Å². The van der Waals surface area contributed by atoms with Gasteiger partial charge in [-0.1, -0.05) is 12.8 Å². The second-order valence-corrected chi connectivity index (χ2v) is 5.70. The largest absolute Gasteiger partial charge is 1.00 e. The number of aromatic nitrogens is 2. The number of hydrogen-bond donors (Lipinski definition) is 1. The van der Waals surface area contributed by atoms with Crippen molar-refractivity contribution in [2.24, 2.45) is 0 Å². The fraction of sp³-hybridized carbons (Fsp3) is 0.643. The number of hydrogen-bond acceptors (Lipinski definition) is 4. The molecule has 1 aliphatic heterocycles. The molecule has 1 saturated carbocycles. The molecule has 7 heteroatoms. The van der Waals surface area contributed by atoms with Crippen LogP contribution >= 0.6 is 0 Å². The molecular weight excluding hydrogens is 297 g/mol. The van der Waals surface area contributed by atoms with Crippen LogP contribution in [-0.4, -0.2) is 27.0 Å². The first-order valence-corrected chi connectivity index (χ1v) is 7.21. The average Bonchev–Trinajstić information content (AvgIpc) is 3.05. The molecule has 0 unspecified atom stereocenters. The second-order valence-electron chi connectivity index (χ2n) is 5.70. The number of amides is 1. The summed E-state index contributed by atoms with van der Waals surface area (Å²) >= 11 is 0. The first-order valence-electron chi connectivity index (χ1n) is 7.21. The van der Waals surface area contributed by atoms with Crippen molar-refractivity contribution in [1.29, 1.82) is 0 Å². The van der Waals surface area contributed by atoms with Gasteiger partial charge in [0.25, 0.3) is 5.91 Å². The topological polar surface area (TPSA) is 87.1 Å². The van der Waals surface area contributed by atoms with Crippen LogP contribution in [0.15, 0.2) is 6.20 Å². The molecule has 1 N–H and O–H groups in total. The first kappa shape index (κ1) is 17.1. The molecular formula is C14H18KN3O3. The predicted octanol–water partition coefficient (Wildman–Crippen LogP) is -2.98. The van der Waals surface area contributed by atoms with Gasteiger partial charge in [-0.05, 0) is 25.7 Å². The van der Waals surface area contributed by atoms with Gasteiger partial charge in [0.15, 0.2) is 0 Å². The molecule has 0 saturated heterocycles. The fourth-order valence-electron chi connectivity index (χ4n) is 3.24. The van der Waals surface area contributed by atoms with E-state index in [2.05, 4.69) is 10.3 Å². The summed E-state index contributed by atoms with van der Waals surface area (Å²) in [6, 6.07) is 0. The van der Waals surface area contributed by atoms with Crippen molar-refractivity contribution >= 4 is 11.9 Å². The molecule has 108 valence electrons. The predicted molar refractivity (Wildman–Crippen MR) is 68.8 cm³/mol. The molecule has 0 atom stereocenters. The summed E-state index contributed by atoms with van der Waals surface area (Å²) in [6.07, 6.45) is 7.03. The van der Waals surface area contributed by atoms with E-state index in [0.717, 1.165) is 44.5 Å². The molecule has 1 fully saturated rings. The Hall–Kier alpha value is -0.214. The van der Waals surface area contributed by atoms with Gasteiger partial charge in [-0.15, -0.1) is 0 Å². The maximum Gasteiger partial charge on any atom is 1.00 e. The molecule has 0 radical (unpaired) electrons. The summed E-state index contributed by atoms with van der Waals surface area (Å²) in [5, 5.41) is 14.1. The van der Waals surface area contributed by atoms with Gasteiger partial charge in [-0.2, -0.15) is 0 Å². The zero-order chi connectivity index (χ0) is 14.2. The Kier molecular flexibility index (Phi) is 5.64. The number of rotatable bonds is 3. The van der Waals surface area contributed by atoms with Gasteiger partial charge < -0.3 is 19.8 Å². The summed E-state index contributed by atoms with van der Waals surface area (Å²) in [4.78, 5) is 28.0. The van der Waals surface area contributed by atoms with Crippen molar-refractivity contribution in [3.05, 3.63) is 17.7 Å². The summed E-state index contributed by atoms with van der Waals surface area (Å²) in [6.45, 7) is 0.774. The van der Waals surface area contributed by atoms with Crippen molar-refractivity contribution in [2.75, 3.05) is 0 Å². The summed E-state index contributed by atoms with van der Waals surface area (Å²) in [5.74, 6) is -0.617. The minimum absolute atomic E-state index is 0. The Labute approximate surface area is 166 Å². The molecule has 6 nitrogen and oxygen atoms in total. The molecule has 2 heterocycles. The number of aliphatic carboxylic acids is 1. The van der Waals surface area contributed by atoms with E-state index < -0.39 is 11.5 Å². The Morgan fingerprint density at radius 1 is 1.24 bits per heavy atom. The number of imidazole rings is 1. The van der Waals surface area contributed by atoms with Crippen LogP contribution in [0.2, 0.25) is 0 Å². The monoisotopic (exact) mass is 315 g/mol. The zero-order valence-electron chi connectivity index (χ0n) is 12.4. The van der Waals surface area contributed by atoms with Gasteiger partial charge in [-0.3, -0.25) is 4.79 Å². The van der Waals surface area contributed by atoms with E-state index in [1.165, 1.54) is 0 Å². The maximum absolute atomic E-state index is 12.4. The average molecular weight is 315 g/mol. The molecule has 0 bridgehead atoms. The van der Waals surface area contributed by atoms with Crippen LogP contribution in [0.1, 0.15) is 54.8 Å². The second kappa shape index (κ2) is 6.91. The third-order valence-corrected chi connectivity index (χ3v) is 4.40.